The molecule has 0 aliphatic carbocycles. The highest BCUT2D eigenvalue weighted by Gasteiger charge is 2.24. The number of likely N-dealkylation sites (N-methyl/N-ethyl adjacent to an activating group) is 1. The first-order valence-corrected chi connectivity index (χ1v) is 31.8. The predicted octanol–water partition coefficient (Wildman–Crippen LogP) is 18.3. The molecule has 0 spiro atoms. The van der Waals surface area contributed by atoms with Crippen molar-refractivity contribution in [3.05, 3.63) is 122 Å². The van der Waals surface area contributed by atoms with Gasteiger partial charge in [-0.15, -0.1) is 0 Å². The highest BCUT2D eigenvalue weighted by molar-refractivity contribution is 7.45. The molecular weight excluding hydrogens is 948 g/mol. The molecule has 0 radical (unpaired) electrons. The molecule has 0 aromatic carbocycles. The largest absolute Gasteiger partial charge is 0.756 e. The lowest BCUT2D eigenvalue weighted by Crippen LogP contribution is -2.46. The zero-order valence-corrected chi connectivity index (χ0v) is 49.8. The van der Waals surface area contributed by atoms with E-state index < -0.39 is 20.0 Å². The second-order valence-electron chi connectivity index (χ2n) is 21.3. The maximum Gasteiger partial charge on any atom is 0.268 e. The minimum Gasteiger partial charge on any atom is -0.756 e. The van der Waals surface area contributed by atoms with E-state index in [0.717, 1.165) is 96.3 Å². The lowest BCUT2D eigenvalue weighted by atomic mass is 10.0. The number of rotatable bonds is 54. The number of amides is 1. The van der Waals surface area contributed by atoms with Crippen molar-refractivity contribution < 1.29 is 32.9 Å². The van der Waals surface area contributed by atoms with Crippen molar-refractivity contribution in [3.8, 4) is 0 Å². The Bertz CT molecular complexity index is 1630. The Labute approximate surface area is 463 Å². The van der Waals surface area contributed by atoms with Gasteiger partial charge in [-0.05, 0) is 89.9 Å². The van der Waals surface area contributed by atoms with E-state index in [4.69, 9.17) is 9.05 Å². The molecule has 430 valence electrons. The number of nitrogens with zero attached hydrogens (tertiary/aromatic N) is 1. The van der Waals surface area contributed by atoms with Gasteiger partial charge >= 0.3 is 0 Å². The highest BCUT2D eigenvalue weighted by Crippen LogP contribution is 2.38. The third-order valence-corrected chi connectivity index (χ3v) is 13.9. The standard InChI is InChI=1S/C66H115N2O6P/c1-6-8-10-12-14-16-18-20-22-24-26-28-29-30-31-32-33-34-35-36-37-38-39-40-42-44-46-48-50-52-54-56-58-60-66(70)67-64(63-74-75(71,72)73-62-61-68(3,4)5)65(69)59-57-55-53-51-49-47-45-43-41-27-25-23-21-19-17-15-13-11-9-7-2/h8,10,14,16,20,22,26,28,30-31,33-34,36-37,39-40,44,46,50,52,64-65,69H,6-7,9,11-13,15,17-19,21,23-25,27,29,32,35,38,41-43,45,47-49,51,53-63H2,1-5H3,(H-,67,70,71,72)/b10-8-,16-14-,22-20-,28-26-,31-30-,34-33-,37-36-,40-39-,46-44-,52-50-. The number of hydrogen-bond acceptors (Lipinski definition) is 6. The maximum absolute atomic E-state index is 13.0. The lowest BCUT2D eigenvalue weighted by Gasteiger charge is -2.30. The summed E-state index contributed by atoms with van der Waals surface area (Å²) in [6, 6.07) is -0.834. The Morgan fingerprint density at radius 1 is 0.480 bits per heavy atom. The summed E-state index contributed by atoms with van der Waals surface area (Å²) in [7, 11) is 1.26. The molecule has 0 heterocycles. The molecule has 2 N–H and O–H groups in total. The molecule has 0 fully saturated rings. The zero-order chi connectivity index (χ0) is 54.9. The molecule has 0 aliphatic heterocycles. The summed E-state index contributed by atoms with van der Waals surface area (Å²) < 4.78 is 23.4. The molecule has 3 atom stereocenters. The molecular formula is C66H115N2O6P. The molecule has 0 bridgehead atoms. The summed E-state index contributed by atoms with van der Waals surface area (Å²) in [5.41, 5.74) is 0. The number of phosphoric acid groups is 1. The van der Waals surface area contributed by atoms with Gasteiger partial charge in [-0.2, -0.15) is 0 Å². The van der Waals surface area contributed by atoms with Crippen LogP contribution < -0.4 is 10.2 Å². The molecule has 3 unspecified atom stereocenters. The van der Waals surface area contributed by atoms with E-state index in [2.05, 4.69) is 141 Å². The van der Waals surface area contributed by atoms with Crippen molar-refractivity contribution in [3.63, 3.8) is 0 Å². The van der Waals surface area contributed by atoms with Gasteiger partial charge in [-0.3, -0.25) is 9.36 Å². The van der Waals surface area contributed by atoms with Crippen LogP contribution in [-0.2, 0) is 18.4 Å². The third-order valence-electron chi connectivity index (χ3n) is 13.0. The molecule has 0 aliphatic rings. The number of aliphatic hydroxyl groups is 1. The number of quaternary nitrogens is 1. The molecule has 0 saturated heterocycles. The maximum atomic E-state index is 13.0. The number of carbonyl (C=O) groups is 1. The molecule has 0 aromatic heterocycles. The number of aliphatic hydroxyl groups excluding tert-OH is 1. The zero-order valence-electron chi connectivity index (χ0n) is 49.0. The van der Waals surface area contributed by atoms with Crippen LogP contribution in [0.3, 0.4) is 0 Å². The molecule has 75 heavy (non-hydrogen) atoms. The molecule has 1 amide bonds. The minimum atomic E-state index is -4.60. The van der Waals surface area contributed by atoms with Crippen LogP contribution in [0.2, 0.25) is 0 Å². The first-order chi connectivity index (χ1) is 36.5. The predicted molar refractivity (Wildman–Crippen MR) is 325 cm³/mol. The van der Waals surface area contributed by atoms with Crippen molar-refractivity contribution in [1.29, 1.82) is 0 Å². The minimum absolute atomic E-state index is 0.00290. The average molecular weight is 1060 g/mol. The van der Waals surface area contributed by atoms with Crippen molar-refractivity contribution in [1.82, 2.24) is 5.32 Å². The van der Waals surface area contributed by atoms with Gasteiger partial charge in [0.1, 0.15) is 13.2 Å². The van der Waals surface area contributed by atoms with Gasteiger partial charge in [0.2, 0.25) is 5.91 Å². The Morgan fingerprint density at radius 2 is 0.813 bits per heavy atom. The fourth-order valence-electron chi connectivity index (χ4n) is 8.24. The van der Waals surface area contributed by atoms with Crippen molar-refractivity contribution in [2.24, 2.45) is 0 Å². The average Bonchev–Trinajstić information content (AvgIpc) is 3.37. The summed E-state index contributed by atoms with van der Waals surface area (Å²) >= 11 is 0. The van der Waals surface area contributed by atoms with Gasteiger partial charge in [0.05, 0.1) is 39.9 Å². The van der Waals surface area contributed by atoms with Crippen LogP contribution >= 0.6 is 7.82 Å². The van der Waals surface area contributed by atoms with Crippen molar-refractivity contribution >= 4 is 13.7 Å². The topological polar surface area (TPSA) is 108 Å². The second-order valence-corrected chi connectivity index (χ2v) is 22.7. The van der Waals surface area contributed by atoms with Gasteiger partial charge in [0.15, 0.2) is 0 Å². The fraction of sp³-hybridized carbons (Fsp3) is 0.682. The molecule has 9 heteroatoms. The van der Waals surface area contributed by atoms with E-state index in [1.54, 1.807) is 0 Å². The van der Waals surface area contributed by atoms with E-state index >= 15 is 0 Å². The third kappa shape index (κ3) is 58.4. The monoisotopic (exact) mass is 1060 g/mol. The number of allylic oxidation sites excluding steroid dienone is 20. The first-order valence-electron chi connectivity index (χ1n) is 30.4. The van der Waals surface area contributed by atoms with Gasteiger partial charge in [-0.25, -0.2) is 0 Å². The van der Waals surface area contributed by atoms with E-state index in [-0.39, 0.29) is 19.1 Å². The summed E-state index contributed by atoms with van der Waals surface area (Å²) in [5, 5.41) is 14.0. The number of nitrogens with one attached hydrogen (secondary N) is 1. The fourth-order valence-corrected chi connectivity index (χ4v) is 8.97. The Balaban J connectivity index is 4.29. The van der Waals surface area contributed by atoms with E-state index in [1.807, 2.05) is 21.1 Å². The van der Waals surface area contributed by atoms with Crippen LogP contribution in [0.4, 0.5) is 0 Å². The second kappa shape index (κ2) is 55.6. The van der Waals surface area contributed by atoms with Gasteiger partial charge in [0, 0.05) is 6.42 Å². The highest BCUT2D eigenvalue weighted by atomic mass is 31.2. The molecule has 0 rings (SSSR count). The van der Waals surface area contributed by atoms with Crippen LogP contribution in [0.25, 0.3) is 0 Å². The summed E-state index contributed by atoms with van der Waals surface area (Å²) in [5.74, 6) is -0.210. The van der Waals surface area contributed by atoms with Crippen LogP contribution in [-0.4, -0.2) is 68.5 Å². The van der Waals surface area contributed by atoms with Gasteiger partial charge in [-0.1, -0.05) is 264 Å². The first kappa shape index (κ1) is 71.9. The summed E-state index contributed by atoms with van der Waals surface area (Å²) in [6.07, 6.45) is 82.4. The number of carbonyl (C=O) groups excluding carboxylic acids is 1. The quantitative estimate of drug-likeness (QED) is 0.0272. The SMILES string of the molecule is CC/C=C\C/C=C\C/C=C\C/C=C\C/C=C\C/C=C\C/C=C\C/C=C\C/C=C\C/C=C\CCCCC(=O)NC(COP(=O)([O-])OCC[N+](C)(C)C)C(O)CCCCCCCCCCCCCCCCCCCCCC. The molecule has 0 saturated carbocycles. The van der Waals surface area contributed by atoms with Crippen LogP contribution in [0, 0.1) is 0 Å². The van der Waals surface area contributed by atoms with E-state index in [0.29, 0.717) is 30.3 Å². The van der Waals surface area contributed by atoms with Gasteiger partial charge in [0.25, 0.3) is 7.82 Å². The lowest BCUT2D eigenvalue weighted by molar-refractivity contribution is -0.870. The number of hydrogen-bond donors (Lipinski definition) is 2. The Hall–Kier alpha value is -3.10. The Morgan fingerprint density at radius 3 is 1.16 bits per heavy atom. The molecule has 0 aromatic rings. The molecule has 8 nitrogen and oxygen atoms in total. The van der Waals surface area contributed by atoms with Crippen molar-refractivity contribution in [2.45, 2.75) is 251 Å². The van der Waals surface area contributed by atoms with Crippen LogP contribution in [0.5, 0.6) is 0 Å². The van der Waals surface area contributed by atoms with Crippen molar-refractivity contribution in [2.75, 3.05) is 40.9 Å². The van der Waals surface area contributed by atoms with E-state index in [9.17, 15) is 19.4 Å². The number of phosphoric ester groups is 1. The van der Waals surface area contributed by atoms with Gasteiger partial charge < -0.3 is 28.8 Å². The number of unbranched alkanes of at least 4 members (excludes halogenated alkanes) is 21. The van der Waals surface area contributed by atoms with Crippen LogP contribution in [0.15, 0.2) is 122 Å². The van der Waals surface area contributed by atoms with Crippen LogP contribution in [0.1, 0.15) is 239 Å². The summed E-state index contributed by atoms with van der Waals surface area (Å²) in [4.78, 5) is 25.6. The summed E-state index contributed by atoms with van der Waals surface area (Å²) in [6.45, 7) is 4.58. The van der Waals surface area contributed by atoms with E-state index in [1.165, 1.54) is 109 Å². The Kier molecular flexibility index (Phi) is 53.3. The normalized spacial score (nSPS) is 14.7. The smallest absolute Gasteiger partial charge is 0.268 e.